The molecule has 0 saturated heterocycles. The minimum absolute atomic E-state index is 0.915. The Morgan fingerprint density at radius 3 is 1.67 bits per heavy atom. The molecule has 0 aliphatic heterocycles. The van der Waals surface area contributed by atoms with Gasteiger partial charge in [-0.15, -0.1) is 0 Å². The van der Waals surface area contributed by atoms with Crippen LogP contribution in [0.15, 0.2) is 186 Å². The van der Waals surface area contributed by atoms with E-state index in [4.69, 9.17) is 4.42 Å². The standard InChI is InChI=1S/C48H30O/c1-2-11-31(12-3-1)38-25-39(36-22-21-32-13-4-5-14-33(32)23-36)27-40(26-38)45-29-41(24-37-17-8-9-18-42(37)45)43-19-10-20-44-46-28-34-15-6-7-16-35(34)30-47(46)49-48(43)44/h1-30H. The van der Waals surface area contributed by atoms with Crippen LogP contribution in [0.3, 0.4) is 0 Å². The molecule has 0 N–H and O–H groups in total. The Bertz CT molecular complexity index is 2870. The molecular formula is C48H30O. The summed E-state index contributed by atoms with van der Waals surface area (Å²) in [6.07, 6.45) is 0. The maximum atomic E-state index is 6.69. The van der Waals surface area contributed by atoms with Gasteiger partial charge in [-0.25, -0.2) is 0 Å². The van der Waals surface area contributed by atoms with Crippen molar-refractivity contribution in [1.29, 1.82) is 0 Å². The second-order valence-corrected chi connectivity index (χ2v) is 13.0. The smallest absolute Gasteiger partial charge is 0.143 e. The number of benzene rings is 9. The molecule has 10 aromatic rings. The summed E-state index contributed by atoms with van der Waals surface area (Å²) in [4.78, 5) is 0. The van der Waals surface area contributed by atoms with Crippen LogP contribution in [0.25, 0.3) is 98.8 Å². The largest absolute Gasteiger partial charge is 0.455 e. The Morgan fingerprint density at radius 2 is 0.857 bits per heavy atom. The lowest BCUT2D eigenvalue weighted by atomic mass is 9.88. The average Bonchev–Trinajstić information content (AvgIpc) is 3.54. The van der Waals surface area contributed by atoms with Gasteiger partial charge in [0, 0.05) is 16.3 Å². The lowest BCUT2D eigenvalue weighted by molar-refractivity contribution is 0.670. The molecule has 0 aliphatic carbocycles. The van der Waals surface area contributed by atoms with Gasteiger partial charge in [0.2, 0.25) is 0 Å². The molecule has 1 aromatic heterocycles. The molecule has 0 bridgehead atoms. The van der Waals surface area contributed by atoms with Crippen molar-refractivity contribution in [1.82, 2.24) is 0 Å². The Kier molecular flexibility index (Phi) is 6.25. The van der Waals surface area contributed by atoms with Gasteiger partial charge in [0.1, 0.15) is 11.2 Å². The molecule has 1 heteroatoms. The summed E-state index contributed by atoms with van der Waals surface area (Å²) in [5.41, 5.74) is 11.3. The molecule has 1 nitrogen and oxygen atoms in total. The van der Waals surface area contributed by atoms with Gasteiger partial charge in [0.05, 0.1) is 0 Å². The molecule has 10 rings (SSSR count). The number of furan rings is 1. The molecule has 0 saturated carbocycles. The fourth-order valence-electron chi connectivity index (χ4n) is 7.53. The highest BCUT2D eigenvalue weighted by atomic mass is 16.3. The summed E-state index contributed by atoms with van der Waals surface area (Å²) in [6, 6.07) is 65.9. The fraction of sp³-hybridized carbons (Fsp3) is 0. The molecule has 49 heavy (non-hydrogen) atoms. The molecule has 0 radical (unpaired) electrons. The first-order valence-electron chi connectivity index (χ1n) is 16.8. The van der Waals surface area contributed by atoms with E-state index in [0.29, 0.717) is 0 Å². The maximum absolute atomic E-state index is 6.69. The number of fused-ring (bicyclic) bond motifs is 6. The summed E-state index contributed by atoms with van der Waals surface area (Å²) in [6.45, 7) is 0. The van der Waals surface area contributed by atoms with E-state index in [1.165, 1.54) is 65.7 Å². The Balaban J connectivity index is 1.22. The number of para-hydroxylation sites is 1. The molecule has 1 heterocycles. The summed E-state index contributed by atoms with van der Waals surface area (Å²) in [7, 11) is 0. The van der Waals surface area contributed by atoms with Crippen LogP contribution in [0, 0.1) is 0 Å². The molecule has 9 aromatic carbocycles. The summed E-state index contributed by atoms with van der Waals surface area (Å²) >= 11 is 0. The van der Waals surface area contributed by atoms with E-state index < -0.39 is 0 Å². The van der Waals surface area contributed by atoms with Crippen LogP contribution in [-0.2, 0) is 0 Å². The minimum atomic E-state index is 0.915. The first-order chi connectivity index (χ1) is 24.2. The first kappa shape index (κ1) is 27.7. The Morgan fingerprint density at radius 1 is 0.265 bits per heavy atom. The molecule has 0 unspecified atom stereocenters. The summed E-state index contributed by atoms with van der Waals surface area (Å²) in [5.74, 6) is 0. The van der Waals surface area contributed by atoms with Gasteiger partial charge in [-0.1, -0.05) is 133 Å². The maximum Gasteiger partial charge on any atom is 0.143 e. The average molecular weight is 623 g/mol. The number of hydrogen-bond donors (Lipinski definition) is 0. The molecule has 0 fully saturated rings. The van der Waals surface area contributed by atoms with Crippen LogP contribution >= 0.6 is 0 Å². The Hall–Kier alpha value is -6.44. The molecule has 0 aliphatic rings. The molecular weight excluding hydrogens is 593 g/mol. The van der Waals surface area contributed by atoms with E-state index in [-0.39, 0.29) is 0 Å². The van der Waals surface area contributed by atoms with Crippen molar-refractivity contribution >= 4 is 54.3 Å². The van der Waals surface area contributed by atoms with Crippen molar-refractivity contribution in [3.05, 3.63) is 182 Å². The minimum Gasteiger partial charge on any atom is -0.455 e. The highest BCUT2D eigenvalue weighted by Gasteiger charge is 2.17. The van der Waals surface area contributed by atoms with Crippen molar-refractivity contribution in [3.63, 3.8) is 0 Å². The third-order valence-electron chi connectivity index (χ3n) is 9.97. The quantitative estimate of drug-likeness (QED) is 0.190. The number of rotatable bonds is 4. The zero-order valence-electron chi connectivity index (χ0n) is 26.7. The predicted molar refractivity (Wildman–Crippen MR) is 208 cm³/mol. The van der Waals surface area contributed by atoms with E-state index >= 15 is 0 Å². The van der Waals surface area contributed by atoms with Gasteiger partial charge in [-0.2, -0.15) is 0 Å². The van der Waals surface area contributed by atoms with Crippen LogP contribution in [0.4, 0.5) is 0 Å². The highest BCUT2D eigenvalue weighted by molar-refractivity contribution is 6.14. The van der Waals surface area contributed by atoms with Crippen LogP contribution in [-0.4, -0.2) is 0 Å². The van der Waals surface area contributed by atoms with Crippen LogP contribution in [0.5, 0.6) is 0 Å². The third kappa shape index (κ3) is 4.71. The predicted octanol–water partition coefficient (Wildman–Crippen LogP) is 13.7. The van der Waals surface area contributed by atoms with Gasteiger partial charge < -0.3 is 4.42 Å². The molecule has 228 valence electrons. The van der Waals surface area contributed by atoms with Crippen molar-refractivity contribution in [3.8, 4) is 44.5 Å². The van der Waals surface area contributed by atoms with Crippen LogP contribution in [0.1, 0.15) is 0 Å². The van der Waals surface area contributed by atoms with Gasteiger partial charge >= 0.3 is 0 Å². The SMILES string of the molecule is c1ccc(-c2cc(-c3ccc4ccccc4c3)cc(-c3cc(-c4cccc5c4oc4cc6ccccc6cc45)cc4ccccc34)c2)cc1. The van der Waals surface area contributed by atoms with Gasteiger partial charge in [-0.05, 0) is 120 Å². The second kappa shape index (κ2) is 11.1. The van der Waals surface area contributed by atoms with Crippen molar-refractivity contribution in [2.45, 2.75) is 0 Å². The van der Waals surface area contributed by atoms with E-state index in [1.807, 2.05) is 0 Å². The fourth-order valence-corrected chi connectivity index (χ4v) is 7.53. The second-order valence-electron chi connectivity index (χ2n) is 13.0. The van der Waals surface area contributed by atoms with Crippen molar-refractivity contribution in [2.75, 3.05) is 0 Å². The van der Waals surface area contributed by atoms with Crippen LogP contribution < -0.4 is 0 Å². The van der Waals surface area contributed by atoms with Gasteiger partial charge in [0.25, 0.3) is 0 Å². The van der Waals surface area contributed by atoms with Crippen molar-refractivity contribution in [2.24, 2.45) is 0 Å². The summed E-state index contributed by atoms with van der Waals surface area (Å²) in [5, 5.41) is 9.60. The third-order valence-corrected chi connectivity index (χ3v) is 9.97. The monoisotopic (exact) mass is 622 g/mol. The molecule has 0 amide bonds. The topological polar surface area (TPSA) is 13.1 Å². The van der Waals surface area contributed by atoms with E-state index in [9.17, 15) is 0 Å². The zero-order valence-corrected chi connectivity index (χ0v) is 26.7. The van der Waals surface area contributed by atoms with Gasteiger partial charge in [-0.3, -0.25) is 0 Å². The number of hydrogen-bond acceptors (Lipinski definition) is 1. The molecule has 0 atom stereocenters. The Labute approximate surface area is 284 Å². The lowest BCUT2D eigenvalue weighted by Crippen LogP contribution is -1.89. The highest BCUT2D eigenvalue weighted by Crippen LogP contribution is 2.42. The van der Waals surface area contributed by atoms with E-state index in [1.54, 1.807) is 0 Å². The van der Waals surface area contributed by atoms with E-state index in [0.717, 1.165) is 33.1 Å². The zero-order chi connectivity index (χ0) is 32.3. The lowest BCUT2D eigenvalue weighted by Gasteiger charge is -2.15. The van der Waals surface area contributed by atoms with Crippen molar-refractivity contribution < 1.29 is 4.42 Å². The molecule has 0 spiro atoms. The normalized spacial score (nSPS) is 11.7. The first-order valence-corrected chi connectivity index (χ1v) is 16.8. The summed E-state index contributed by atoms with van der Waals surface area (Å²) < 4.78 is 6.69. The van der Waals surface area contributed by atoms with Gasteiger partial charge in [0.15, 0.2) is 0 Å². The van der Waals surface area contributed by atoms with Crippen LogP contribution in [0.2, 0.25) is 0 Å². The van der Waals surface area contributed by atoms with E-state index in [2.05, 4.69) is 182 Å².